The topological polar surface area (TPSA) is 72.5 Å². The normalized spacial score (nSPS) is 16.2. The lowest BCUT2D eigenvalue weighted by molar-refractivity contribution is -0.129. The van der Waals surface area contributed by atoms with Crippen molar-refractivity contribution in [2.45, 2.75) is 6.42 Å². The molecule has 2 aromatic rings. The van der Waals surface area contributed by atoms with Crippen LogP contribution in [0.5, 0.6) is 0 Å². The van der Waals surface area contributed by atoms with E-state index >= 15 is 0 Å². The molecule has 1 aromatic carbocycles. The summed E-state index contributed by atoms with van der Waals surface area (Å²) < 4.78 is 0. The number of carbonyl (C=O) groups is 2. The molecule has 0 unspecified atom stereocenters. The van der Waals surface area contributed by atoms with Crippen molar-refractivity contribution in [3.05, 3.63) is 30.0 Å². The number of para-hydroxylation sites is 1. The fourth-order valence-electron chi connectivity index (χ4n) is 2.98. The fourth-order valence-corrected chi connectivity index (χ4v) is 2.98. The number of hydrogen-bond donors (Lipinski definition) is 1. The number of benzene rings is 1. The van der Waals surface area contributed by atoms with Crippen LogP contribution in [0.3, 0.4) is 0 Å². The minimum atomic E-state index is 0.0191. The Morgan fingerprint density at radius 2 is 2.04 bits per heavy atom. The summed E-state index contributed by atoms with van der Waals surface area (Å²) in [4.78, 5) is 30.3. The van der Waals surface area contributed by atoms with Gasteiger partial charge in [-0.2, -0.15) is 5.10 Å². The Hall–Kier alpha value is -2.41. The minimum absolute atomic E-state index is 0.0191. The second kappa shape index (κ2) is 7.00. The second-order valence-electron chi connectivity index (χ2n) is 6.35. The molecule has 0 bridgehead atoms. The molecule has 7 heteroatoms. The zero-order chi connectivity index (χ0) is 17.1. The molecule has 3 rings (SSSR count). The van der Waals surface area contributed by atoms with Crippen LogP contribution in [-0.4, -0.2) is 83.5 Å². The van der Waals surface area contributed by atoms with Gasteiger partial charge in [0.05, 0.1) is 23.8 Å². The molecule has 7 nitrogen and oxygen atoms in total. The lowest BCUT2D eigenvalue weighted by Gasteiger charge is -2.23. The van der Waals surface area contributed by atoms with E-state index < -0.39 is 0 Å². The van der Waals surface area contributed by atoms with Gasteiger partial charge in [-0.25, -0.2) is 0 Å². The molecule has 1 aliphatic heterocycles. The number of carbonyl (C=O) groups excluding carboxylic acids is 2. The maximum atomic E-state index is 12.9. The van der Waals surface area contributed by atoms with Crippen molar-refractivity contribution in [3.8, 4) is 0 Å². The fraction of sp³-hybridized carbons (Fsp3) is 0.471. The molecule has 128 valence electrons. The largest absolute Gasteiger partial charge is 0.348 e. The van der Waals surface area contributed by atoms with E-state index in [0.717, 1.165) is 23.9 Å². The first-order valence-electron chi connectivity index (χ1n) is 8.20. The van der Waals surface area contributed by atoms with Gasteiger partial charge in [0.25, 0.3) is 5.91 Å². The highest BCUT2D eigenvalue weighted by molar-refractivity contribution is 6.05. The molecule has 0 radical (unpaired) electrons. The summed E-state index contributed by atoms with van der Waals surface area (Å²) >= 11 is 0. The van der Waals surface area contributed by atoms with Crippen molar-refractivity contribution in [1.82, 2.24) is 24.9 Å². The Balaban J connectivity index is 1.69. The third-order valence-corrected chi connectivity index (χ3v) is 4.44. The monoisotopic (exact) mass is 329 g/mol. The maximum Gasteiger partial charge on any atom is 0.256 e. The molecular formula is C17H23N5O2. The highest BCUT2D eigenvalue weighted by atomic mass is 16.2. The number of aromatic nitrogens is 2. The van der Waals surface area contributed by atoms with Crippen LogP contribution in [0.15, 0.2) is 24.4 Å². The van der Waals surface area contributed by atoms with Crippen molar-refractivity contribution in [1.29, 1.82) is 0 Å². The van der Waals surface area contributed by atoms with Gasteiger partial charge in [-0.15, -0.1) is 0 Å². The van der Waals surface area contributed by atoms with E-state index in [1.165, 1.54) is 0 Å². The Morgan fingerprint density at radius 1 is 1.21 bits per heavy atom. The zero-order valence-electron chi connectivity index (χ0n) is 14.2. The van der Waals surface area contributed by atoms with E-state index in [1.807, 2.05) is 23.1 Å². The summed E-state index contributed by atoms with van der Waals surface area (Å²) in [6.07, 6.45) is 2.59. The van der Waals surface area contributed by atoms with Crippen molar-refractivity contribution in [2.24, 2.45) is 0 Å². The van der Waals surface area contributed by atoms with Gasteiger partial charge in [-0.3, -0.25) is 19.6 Å². The van der Waals surface area contributed by atoms with Crippen molar-refractivity contribution in [3.63, 3.8) is 0 Å². The van der Waals surface area contributed by atoms with Gasteiger partial charge in [0.15, 0.2) is 0 Å². The van der Waals surface area contributed by atoms with Crippen LogP contribution in [0, 0.1) is 0 Å². The smallest absolute Gasteiger partial charge is 0.256 e. The van der Waals surface area contributed by atoms with E-state index in [9.17, 15) is 9.59 Å². The van der Waals surface area contributed by atoms with Gasteiger partial charge in [0, 0.05) is 45.7 Å². The Labute approximate surface area is 141 Å². The van der Waals surface area contributed by atoms with Crippen LogP contribution in [0.1, 0.15) is 16.8 Å². The number of amides is 2. The van der Waals surface area contributed by atoms with Gasteiger partial charge in [-0.1, -0.05) is 12.1 Å². The van der Waals surface area contributed by atoms with Gasteiger partial charge < -0.3 is 9.80 Å². The first-order valence-corrected chi connectivity index (χ1v) is 8.20. The Morgan fingerprint density at radius 3 is 2.83 bits per heavy atom. The zero-order valence-corrected chi connectivity index (χ0v) is 14.2. The van der Waals surface area contributed by atoms with Gasteiger partial charge in [0.2, 0.25) is 5.91 Å². The number of aromatic amines is 1. The number of hydrogen-bond acceptors (Lipinski definition) is 4. The number of H-pyrrole nitrogens is 1. The van der Waals surface area contributed by atoms with Crippen LogP contribution in [0.25, 0.3) is 10.9 Å². The van der Waals surface area contributed by atoms with E-state index in [4.69, 9.17) is 0 Å². The standard InChI is InChI=1S/C17H23N5O2/c1-20(2)15(23)12-21-7-4-8-22(10-9-21)17(24)14-6-3-5-13-11-18-19-16(13)14/h3,5-6,11H,4,7-10,12H2,1-2H3,(H,18,19). The van der Waals surface area contributed by atoms with Crippen molar-refractivity contribution < 1.29 is 9.59 Å². The Kier molecular flexibility index (Phi) is 4.80. The van der Waals surface area contributed by atoms with Crippen molar-refractivity contribution in [2.75, 3.05) is 46.8 Å². The first kappa shape index (κ1) is 16.4. The third-order valence-electron chi connectivity index (χ3n) is 4.44. The molecule has 1 N–H and O–H groups in total. The van der Waals surface area contributed by atoms with E-state index in [-0.39, 0.29) is 11.8 Å². The van der Waals surface area contributed by atoms with Crippen LogP contribution in [0.2, 0.25) is 0 Å². The van der Waals surface area contributed by atoms with Gasteiger partial charge >= 0.3 is 0 Å². The SMILES string of the molecule is CN(C)C(=O)CN1CCCN(C(=O)c2cccc3cn[nH]c23)CC1. The van der Waals surface area contributed by atoms with E-state index in [0.29, 0.717) is 31.7 Å². The highest BCUT2D eigenvalue weighted by Gasteiger charge is 2.23. The number of nitrogens with zero attached hydrogens (tertiary/aromatic N) is 4. The predicted molar refractivity (Wildman–Crippen MR) is 91.7 cm³/mol. The molecule has 1 saturated heterocycles. The van der Waals surface area contributed by atoms with Crippen molar-refractivity contribution >= 4 is 22.7 Å². The van der Waals surface area contributed by atoms with E-state index in [1.54, 1.807) is 25.2 Å². The summed E-state index contributed by atoms with van der Waals surface area (Å²) in [5, 5.41) is 7.87. The number of nitrogens with one attached hydrogen (secondary N) is 1. The second-order valence-corrected chi connectivity index (χ2v) is 6.35. The summed E-state index contributed by atoms with van der Waals surface area (Å²) in [5.74, 6) is 0.114. The van der Waals surface area contributed by atoms with Crippen LogP contribution < -0.4 is 0 Å². The number of likely N-dealkylation sites (N-methyl/N-ethyl adjacent to an activating group) is 1. The number of rotatable bonds is 3. The predicted octanol–water partition coefficient (Wildman–Crippen LogP) is 0.799. The van der Waals surface area contributed by atoms with Crippen LogP contribution in [-0.2, 0) is 4.79 Å². The molecule has 1 fully saturated rings. The molecular weight excluding hydrogens is 306 g/mol. The molecule has 2 amide bonds. The van der Waals surface area contributed by atoms with E-state index in [2.05, 4.69) is 15.1 Å². The highest BCUT2D eigenvalue weighted by Crippen LogP contribution is 2.18. The third kappa shape index (κ3) is 3.41. The first-order chi connectivity index (χ1) is 11.6. The maximum absolute atomic E-state index is 12.9. The molecule has 2 heterocycles. The quantitative estimate of drug-likeness (QED) is 0.904. The Bertz CT molecular complexity index is 739. The number of fused-ring (bicyclic) bond motifs is 1. The molecule has 0 atom stereocenters. The summed E-state index contributed by atoms with van der Waals surface area (Å²) in [5.41, 5.74) is 1.44. The minimum Gasteiger partial charge on any atom is -0.348 e. The molecule has 24 heavy (non-hydrogen) atoms. The summed E-state index contributed by atoms with van der Waals surface area (Å²) in [7, 11) is 3.53. The molecule has 0 saturated carbocycles. The van der Waals surface area contributed by atoms with Crippen LogP contribution >= 0.6 is 0 Å². The molecule has 1 aliphatic rings. The lowest BCUT2D eigenvalue weighted by atomic mass is 10.1. The lowest BCUT2D eigenvalue weighted by Crippen LogP contribution is -2.39. The summed E-state index contributed by atoms with van der Waals surface area (Å²) in [6.45, 7) is 3.28. The van der Waals surface area contributed by atoms with Gasteiger partial charge in [0.1, 0.15) is 0 Å². The molecule has 1 aromatic heterocycles. The summed E-state index contributed by atoms with van der Waals surface area (Å²) in [6, 6.07) is 5.65. The molecule has 0 spiro atoms. The molecule has 0 aliphatic carbocycles. The van der Waals surface area contributed by atoms with Crippen LogP contribution in [0.4, 0.5) is 0 Å². The van der Waals surface area contributed by atoms with Gasteiger partial charge in [-0.05, 0) is 12.5 Å². The average molecular weight is 329 g/mol. The average Bonchev–Trinajstić information content (AvgIpc) is 2.93.